The monoisotopic (exact) mass is 290 g/mol. The van der Waals surface area contributed by atoms with Crippen molar-refractivity contribution < 1.29 is 14.6 Å². The number of carbonyl (C=O) groups is 1. The summed E-state index contributed by atoms with van der Waals surface area (Å²) in [5, 5.41) is 8.57. The van der Waals surface area contributed by atoms with Crippen LogP contribution in [0.4, 0.5) is 0 Å². The van der Waals surface area contributed by atoms with Crippen LogP contribution in [0.25, 0.3) is 6.08 Å². The number of rotatable bonds is 6. The minimum atomic E-state index is -0.942. The van der Waals surface area contributed by atoms with Crippen molar-refractivity contribution in [1.82, 2.24) is 9.80 Å². The molecule has 0 aliphatic carbocycles. The molecule has 2 rings (SSSR count). The highest BCUT2D eigenvalue weighted by atomic mass is 16.5. The van der Waals surface area contributed by atoms with Gasteiger partial charge < -0.3 is 14.7 Å². The molecule has 1 saturated heterocycles. The molecule has 0 unspecified atom stereocenters. The van der Waals surface area contributed by atoms with E-state index in [2.05, 4.69) is 16.8 Å². The summed E-state index contributed by atoms with van der Waals surface area (Å²) in [6, 6.07) is 7.44. The largest absolute Gasteiger partial charge is 0.492 e. The lowest BCUT2D eigenvalue weighted by molar-refractivity contribution is -0.131. The van der Waals surface area contributed by atoms with E-state index in [-0.39, 0.29) is 0 Å². The van der Waals surface area contributed by atoms with Crippen LogP contribution >= 0.6 is 0 Å². The number of likely N-dealkylation sites (N-methyl/N-ethyl adjacent to an activating group) is 1. The molecule has 5 heteroatoms. The molecule has 0 spiro atoms. The summed E-state index contributed by atoms with van der Waals surface area (Å²) in [7, 11) is 2.15. The molecule has 1 heterocycles. The molecule has 114 valence electrons. The summed E-state index contributed by atoms with van der Waals surface area (Å²) in [5.74, 6) is -0.126. The molecule has 0 aromatic heterocycles. The molecular weight excluding hydrogens is 268 g/mol. The van der Waals surface area contributed by atoms with Gasteiger partial charge in [0, 0.05) is 38.8 Å². The van der Waals surface area contributed by atoms with Crippen LogP contribution in [0.2, 0.25) is 0 Å². The summed E-state index contributed by atoms with van der Waals surface area (Å²) >= 11 is 0. The van der Waals surface area contributed by atoms with E-state index in [9.17, 15) is 4.79 Å². The third-order valence-corrected chi connectivity index (χ3v) is 3.57. The first-order chi connectivity index (χ1) is 10.1. The van der Waals surface area contributed by atoms with Crippen molar-refractivity contribution in [3.8, 4) is 5.75 Å². The molecule has 1 N–H and O–H groups in total. The zero-order chi connectivity index (χ0) is 15.1. The van der Waals surface area contributed by atoms with E-state index in [0.29, 0.717) is 6.61 Å². The van der Waals surface area contributed by atoms with Crippen LogP contribution in [0, 0.1) is 0 Å². The third-order valence-electron chi connectivity index (χ3n) is 3.57. The lowest BCUT2D eigenvalue weighted by atomic mass is 10.2. The first kappa shape index (κ1) is 15.5. The topological polar surface area (TPSA) is 53.0 Å². The molecule has 0 radical (unpaired) electrons. The number of hydrogen-bond donors (Lipinski definition) is 1. The first-order valence-electron chi connectivity index (χ1n) is 7.18. The molecule has 21 heavy (non-hydrogen) atoms. The maximum atomic E-state index is 10.4. The molecule has 1 aliphatic heterocycles. The quantitative estimate of drug-likeness (QED) is 0.803. The minimum absolute atomic E-state index is 0.675. The van der Waals surface area contributed by atoms with Crippen molar-refractivity contribution in [2.75, 3.05) is 46.4 Å². The SMILES string of the molecule is CN1CCN(CCOc2ccc(C=CC(=O)O)cc2)CC1. The first-order valence-corrected chi connectivity index (χ1v) is 7.18. The maximum Gasteiger partial charge on any atom is 0.328 e. The van der Waals surface area contributed by atoms with E-state index in [0.717, 1.165) is 50.1 Å². The second-order valence-corrected chi connectivity index (χ2v) is 5.23. The van der Waals surface area contributed by atoms with Crippen molar-refractivity contribution in [3.63, 3.8) is 0 Å². The molecule has 1 fully saturated rings. The van der Waals surface area contributed by atoms with Crippen LogP contribution in [0.1, 0.15) is 5.56 Å². The Bertz CT molecular complexity index is 477. The molecule has 1 aromatic carbocycles. The van der Waals surface area contributed by atoms with Gasteiger partial charge in [-0.05, 0) is 30.8 Å². The third kappa shape index (κ3) is 5.57. The van der Waals surface area contributed by atoms with Gasteiger partial charge in [-0.15, -0.1) is 0 Å². The Morgan fingerprint density at radius 3 is 2.52 bits per heavy atom. The molecule has 1 aliphatic rings. The summed E-state index contributed by atoms with van der Waals surface area (Å²) in [6.07, 6.45) is 2.69. The number of piperazine rings is 1. The van der Waals surface area contributed by atoms with Crippen molar-refractivity contribution in [2.24, 2.45) is 0 Å². The predicted octanol–water partition coefficient (Wildman–Crippen LogP) is 1.41. The number of carboxylic acids is 1. The Balaban J connectivity index is 1.72. The molecule has 0 saturated carbocycles. The number of aliphatic carboxylic acids is 1. The fourth-order valence-electron chi connectivity index (χ4n) is 2.21. The van der Waals surface area contributed by atoms with Gasteiger partial charge in [0.15, 0.2) is 0 Å². The van der Waals surface area contributed by atoms with E-state index >= 15 is 0 Å². The fourth-order valence-corrected chi connectivity index (χ4v) is 2.21. The van der Waals surface area contributed by atoms with Crippen LogP contribution in [0.5, 0.6) is 5.75 Å². The summed E-state index contributed by atoms with van der Waals surface area (Å²) in [5.41, 5.74) is 0.851. The zero-order valence-electron chi connectivity index (χ0n) is 12.4. The lowest BCUT2D eigenvalue weighted by Crippen LogP contribution is -2.45. The average molecular weight is 290 g/mol. The summed E-state index contributed by atoms with van der Waals surface area (Å²) in [6.45, 7) is 6.04. The molecule has 1 aromatic rings. The van der Waals surface area contributed by atoms with Crippen molar-refractivity contribution in [1.29, 1.82) is 0 Å². The Kier molecular flexibility index (Phi) is 5.78. The minimum Gasteiger partial charge on any atom is -0.492 e. The molecular formula is C16H22N2O3. The van der Waals surface area contributed by atoms with Crippen LogP contribution in [-0.2, 0) is 4.79 Å². The van der Waals surface area contributed by atoms with E-state index in [4.69, 9.17) is 9.84 Å². The highest BCUT2D eigenvalue weighted by Crippen LogP contribution is 2.13. The Morgan fingerprint density at radius 1 is 1.24 bits per heavy atom. The van der Waals surface area contributed by atoms with Crippen LogP contribution in [0.15, 0.2) is 30.3 Å². The smallest absolute Gasteiger partial charge is 0.328 e. The second kappa shape index (κ2) is 7.81. The van der Waals surface area contributed by atoms with Crippen LogP contribution < -0.4 is 4.74 Å². The highest BCUT2D eigenvalue weighted by Gasteiger charge is 2.12. The molecule has 0 atom stereocenters. The zero-order valence-corrected chi connectivity index (χ0v) is 12.4. The summed E-state index contributed by atoms with van der Waals surface area (Å²) < 4.78 is 5.72. The highest BCUT2D eigenvalue weighted by molar-refractivity contribution is 5.85. The molecule has 5 nitrogen and oxygen atoms in total. The van der Waals surface area contributed by atoms with Gasteiger partial charge in [-0.3, -0.25) is 4.90 Å². The van der Waals surface area contributed by atoms with Crippen molar-refractivity contribution in [2.45, 2.75) is 0 Å². The number of benzene rings is 1. The maximum absolute atomic E-state index is 10.4. The lowest BCUT2D eigenvalue weighted by Gasteiger charge is -2.32. The second-order valence-electron chi connectivity index (χ2n) is 5.23. The van der Waals surface area contributed by atoms with Gasteiger partial charge in [-0.25, -0.2) is 4.79 Å². The Labute approximate surface area is 125 Å². The van der Waals surface area contributed by atoms with E-state index in [1.807, 2.05) is 24.3 Å². The van der Waals surface area contributed by atoms with Gasteiger partial charge >= 0.3 is 5.97 Å². The van der Waals surface area contributed by atoms with Crippen molar-refractivity contribution >= 4 is 12.0 Å². The van der Waals surface area contributed by atoms with Gasteiger partial charge in [0.25, 0.3) is 0 Å². The fraction of sp³-hybridized carbons (Fsp3) is 0.438. The van der Waals surface area contributed by atoms with E-state index in [1.54, 1.807) is 6.08 Å². The van der Waals surface area contributed by atoms with Gasteiger partial charge in [-0.2, -0.15) is 0 Å². The van der Waals surface area contributed by atoms with Crippen molar-refractivity contribution in [3.05, 3.63) is 35.9 Å². The standard InChI is InChI=1S/C16H22N2O3/c1-17-8-10-18(11-9-17)12-13-21-15-5-2-14(3-6-15)4-7-16(19)20/h2-7H,8-13H2,1H3,(H,19,20). The van der Waals surface area contributed by atoms with Crippen LogP contribution in [-0.4, -0.2) is 67.3 Å². The Hall–Kier alpha value is -1.85. The van der Waals surface area contributed by atoms with E-state index < -0.39 is 5.97 Å². The number of nitrogens with zero attached hydrogens (tertiary/aromatic N) is 2. The number of ether oxygens (including phenoxy) is 1. The summed E-state index contributed by atoms with van der Waals surface area (Å²) in [4.78, 5) is 15.2. The Morgan fingerprint density at radius 2 is 1.90 bits per heavy atom. The van der Waals surface area contributed by atoms with Gasteiger partial charge in [0.2, 0.25) is 0 Å². The van der Waals surface area contributed by atoms with Gasteiger partial charge in [0.05, 0.1) is 0 Å². The normalized spacial score (nSPS) is 17.2. The number of hydrogen-bond acceptors (Lipinski definition) is 4. The number of carboxylic acid groups (broad SMARTS) is 1. The van der Waals surface area contributed by atoms with E-state index in [1.165, 1.54) is 0 Å². The molecule has 0 bridgehead atoms. The average Bonchev–Trinajstić information content (AvgIpc) is 2.48. The van der Waals surface area contributed by atoms with Gasteiger partial charge in [0.1, 0.15) is 12.4 Å². The van der Waals surface area contributed by atoms with Gasteiger partial charge in [-0.1, -0.05) is 12.1 Å². The predicted molar refractivity (Wildman–Crippen MR) is 82.5 cm³/mol. The van der Waals surface area contributed by atoms with Crippen LogP contribution in [0.3, 0.4) is 0 Å². The molecule has 0 amide bonds.